The molecule has 0 fully saturated rings. The quantitative estimate of drug-likeness (QED) is 0.633. The normalized spacial score (nSPS) is 14.6. The number of hydrogen-bond acceptors (Lipinski definition) is 7. The number of fused-ring (bicyclic) bond motifs is 3. The Morgan fingerprint density at radius 2 is 1.82 bits per heavy atom. The van der Waals surface area contributed by atoms with E-state index in [1.54, 1.807) is 33.5 Å². The smallest absolute Gasteiger partial charge is 0.217 e. The van der Waals surface area contributed by atoms with Gasteiger partial charge in [-0.3, -0.25) is 9.59 Å². The molecule has 178 valence electrons. The van der Waals surface area contributed by atoms with E-state index in [0.29, 0.717) is 42.3 Å². The van der Waals surface area contributed by atoms with Crippen LogP contribution in [0, 0.1) is 0 Å². The first-order chi connectivity index (χ1) is 15.8. The predicted octanol–water partition coefficient (Wildman–Crippen LogP) is 2.84. The van der Waals surface area contributed by atoms with Crippen LogP contribution in [-0.2, 0) is 11.2 Å². The van der Waals surface area contributed by atoms with Crippen molar-refractivity contribution in [3.8, 4) is 28.4 Å². The van der Waals surface area contributed by atoms with Crippen LogP contribution in [0.2, 0.25) is 0 Å². The second kappa shape index (κ2) is 10.6. The van der Waals surface area contributed by atoms with E-state index in [0.717, 1.165) is 28.8 Å². The number of rotatable bonds is 8. The number of aryl methyl sites for hydroxylation is 1. The molecule has 33 heavy (non-hydrogen) atoms. The molecule has 8 heteroatoms. The SMILES string of the molecule is COc1cc2c(c(OC)c1OC)-c1ccc(NCCN(C)C)c(=O)cc1[C@@H](NC(C)=O)CC2. The highest BCUT2D eigenvalue weighted by atomic mass is 16.5. The van der Waals surface area contributed by atoms with Gasteiger partial charge in [0.1, 0.15) is 0 Å². The zero-order chi connectivity index (χ0) is 24.1. The lowest BCUT2D eigenvalue weighted by atomic mass is 9.95. The summed E-state index contributed by atoms with van der Waals surface area (Å²) in [5.41, 5.74) is 3.78. The van der Waals surface area contributed by atoms with Crippen molar-refractivity contribution in [1.29, 1.82) is 0 Å². The van der Waals surface area contributed by atoms with Crippen LogP contribution in [0.15, 0.2) is 29.1 Å². The summed E-state index contributed by atoms with van der Waals surface area (Å²) in [6.07, 6.45) is 1.29. The van der Waals surface area contributed by atoms with E-state index in [4.69, 9.17) is 14.2 Å². The first kappa shape index (κ1) is 24.4. The summed E-state index contributed by atoms with van der Waals surface area (Å²) < 4.78 is 17.0. The van der Waals surface area contributed by atoms with Crippen LogP contribution >= 0.6 is 0 Å². The van der Waals surface area contributed by atoms with Gasteiger partial charge >= 0.3 is 0 Å². The fourth-order valence-electron chi connectivity index (χ4n) is 4.27. The minimum atomic E-state index is -0.318. The second-order valence-electron chi connectivity index (χ2n) is 8.33. The highest BCUT2D eigenvalue weighted by Gasteiger charge is 2.29. The third kappa shape index (κ3) is 5.22. The lowest BCUT2D eigenvalue weighted by Gasteiger charge is -2.19. The minimum absolute atomic E-state index is 0.131. The van der Waals surface area contributed by atoms with Crippen LogP contribution in [-0.4, -0.2) is 59.3 Å². The Hall–Kier alpha value is -3.26. The maximum absolute atomic E-state index is 13.1. The third-order valence-electron chi connectivity index (χ3n) is 5.79. The number of amides is 1. The Bertz CT molecular complexity index is 1080. The van der Waals surface area contributed by atoms with Crippen molar-refractivity contribution in [3.05, 3.63) is 45.6 Å². The summed E-state index contributed by atoms with van der Waals surface area (Å²) in [7, 11) is 8.71. The standard InChI is InChI=1S/C25H33N3O5/c1-15(29)27-19-9-7-16-13-22(31-4)24(32-5)25(33-6)23(16)17-8-10-20(21(30)14-18(17)19)26-11-12-28(2)3/h8,10,13-14,19H,7,9,11-12H2,1-6H3,(H,26,30)(H,27,29)/t19-/m0/s1. The number of anilines is 1. The molecule has 0 aliphatic heterocycles. The second-order valence-corrected chi connectivity index (χ2v) is 8.33. The molecule has 0 saturated heterocycles. The predicted molar refractivity (Wildman–Crippen MR) is 130 cm³/mol. The molecule has 0 spiro atoms. The van der Waals surface area contributed by atoms with Gasteiger partial charge in [-0.2, -0.15) is 0 Å². The summed E-state index contributed by atoms with van der Waals surface area (Å²) in [5, 5.41) is 6.25. The minimum Gasteiger partial charge on any atom is -0.493 e. The number of carbonyl (C=O) groups is 1. The van der Waals surface area contributed by atoms with E-state index in [1.807, 2.05) is 31.1 Å². The summed E-state index contributed by atoms with van der Waals surface area (Å²) in [5.74, 6) is 1.45. The van der Waals surface area contributed by atoms with Gasteiger partial charge in [0.05, 0.1) is 33.1 Å². The van der Waals surface area contributed by atoms with E-state index in [1.165, 1.54) is 6.92 Å². The maximum atomic E-state index is 13.1. The van der Waals surface area contributed by atoms with E-state index in [2.05, 4.69) is 10.6 Å². The molecule has 0 saturated carbocycles. The van der Waals surface area contributed by atoms with Crippen LogP contribution in [0.5, 0.6) is 17.2 Å². The summed E-state index contributed by atoms with van der Waals surface area (Å²) in [4.78, 5) is 27.2. The van der Waals surface area contributed by atoms with Crippen LogP contribution in [0.3, 0.4) is 0 Å². The molecular weight excluding hydrogens is 422 g/mol. The molecular formula is C25H33N3O5. The summed E-state index contributed by atoms with van der Waals surface area (Å²) >= 11 is 0. The number of nitrogens with one attached hydrogen (secondary N) is 2. The van der Waals surface area contributed by atoms with E-state index in [-0.39, 0.29) is 17.4 Å². The molecule has 2 aromatic carbocycles. The van der Waals surface area contributed by atoms with Gasteiger partial charge < -0.3 is 29.7 Å². The summed E-state index contributed by atoms with van der Waals surface area (Å²) in [6.45, 7) is 2.91. The Morgan fingerprint density at radius 3 is 2.42 bits per heavy atom. The molecule has 1 atom stereocenters. The van der Waals surface area contributed by atoms with Crippen molar-refractivity contribution in [2.75, 3.05) is 53.8 Å². The molecule has 0 heterocycles. The van der Waals surface area contributed by atoms with E-state index in [9.17, 15) is 9.59 Å². The van der Waals surface area contributed by atoms with Crippen molar-refractivity contribution >= 4 is 11.6 Å². The highest BCUT2D eigenvalue weighted by molar-refractivity contribution is 5.83. The van der Waals surface area contributed by atoms with Crippen LogP contribution in [0.1, 0.15) is 30.5 Å². The Morgan fingerprint density at radius 1 is 1.09 bits per heavy atom. The lowest BCUT2D eigenvalue weighted by molar-refractivity contribution is -0.119. The van der Waals surface area contributed by atoms with Gasteiger partial charge in [0.2, 0.25) is 17.1 Å². The Kier molecular flexibility index (Phi) is 7.81. The molecule has 0 aromatic heterocycles. The topological polar surface area (TPSA) is 89.1 Å². The fourth-order valence-corrected chi connectivity index (χ4v) is 4.27. The maximum Gasteiger partial charge on any atom is 0.217 e. The lowest BCUT2D eigenvalue weighted by Crippen LogP contribution is -2.26. The number of hydrogen-bond donors (Lipinski definition) is 2. The number of carbonyl (C=O) groups excluding carboxylic acids is 1. The van der Waals surface area contributed by atoms with Crippen LogP contribution < -0.4 is 30.3 Å². The van der Waals surface area contributed by atoms with Crippen LogP contribution in [0.25, 0.3) is 11.1 Å². The molecule has 8 nitrogen and oxygen atoms in total. The number of likely N-dealkylation sites (N-methyl/N-ethyl adjacent to an activating group) is 1. The number of methoxy groups -OCH3 is 3. The number of nitrogens with zero attached hydrogens (tertiary/aromatic N) is 1. The van der Waals surface area contributed by atoms with Gasteiger partial charge in [-0.15, -0.1) is 0 Å². The van der Waals surface area contributed by atoms with Gasteiger partial charge in [-0.25, -0.2) is 0 Å². The summed E-state index contributed by atoms with van der Waals surface area (Å²) in [6, 6.07) is 6.97. The van der Waals surface area contributed by atoms with Crippen molar-refractivity contribution < 1.29 is 19.0 Å². The molecule has 1 aliphatic rings. The zero-order valence-electron chi connectivity index (χ0n) is 20.2. The first-order valence-electron chi connectivity index (χ1n) is 11.0. The average molecular weight is 456 g/mol. The fraction of sp³-hybridized carbons (Fsp3) is 0.440. The highest BCUT2D eigenvalue weighted by Crippen LogP contribution is 2.50. The van der Waals surface area contributed by atoms with Gasteiger partial charge in [-0.05, 0) is 61.8 Å². The van der Waals surface area contributed by atoms with Crippen molar-refractivity contribution in [2.24, 2.45) is 0 Å². The molecule has 1 aliphatic carbocycles. The zero-order valence-corrected chi connectivity index (χ0v) is 20.2. The van der Waals surface area contributed by atoms with Gasteiger partial charge in [0, 0.05) is 25.6 Å². The number of benzene rings is 1. The molecule has 0 unspecified atom stereocenters. The number of ether oxygens (including phenoxy) is 3. The van der Waals surface area contributed by atoms with Crippen LogP contribution in [0.4, 0.5) is 5.69 Å². The third-order valence-corrected chi connectivity index (χ3v) is 5.79. The van der Waals surface area contributed by atoms with Gasteiger partial charge in [-0.1, -0.05) is 6.07 Å². The van der Waals surface area contributed by atoms with Crippen molar-refractivity contribution in [3.63, 3.8) is 0 Å². The van der Waals surface area contributed by atoms with E-state index >= 15 is 0 Å². The van der Waals surface area contributed by atoms with Crippen molar-refractivity contribution in [1.82, 2.24) is 10.2 Å². The largest absolute Gasteiger partial charge is 0.493 e. The average Bonchev–Trinajstić information content (AvgIpc) is 3.01. The Labute approximate surface area is 194 Å². The van der Waals surface area contributed by atoms with Gasteiger partial charge in [0.25, 0.3) is 0 Å². The monoisotopic (exact) mass is 455 g/mol. The van der Waals surface area contributed by atoms with Gasteiger partial charge in [0.15, 0.2) is 11.5 Å². The first-order valence-corrected chi connectivity index (χ1v) is 11.0. The molecule has 2 N–H and O–H groups in total. The molecule has 0 radical (unpaired) electrons. The molecule has 3 rings (SSSR count). The molecule has 0 bridgehead atoms. The Balaban J connectivity index is 2.27. The van der Waals surface area contributed by atoms with Crippen molar-refractivity contribution in [2.45, 2.75) is 25.8 Å². The van der Waals surface area contributed by atoms with E-state index < -0.39 is 0 Å². The molecule has 1 amide bonds. The molecule has 2 aromatic rings.